The first-order chi connectivity index (χ1) is 7.09. The highest BCUT2D eigenvalue weighted by Gasteiger charge is 2.05. The molecule has 80 valence electrons. The fourth-order valence-electron chi connectivity index (χ4n) is 0.795. The van der Waals surface area contributed by atoms with Crippen molar-refractivity contribution >= 4 is 28.2 Å². The highest BCUT2D eigenvalue weighted by molar-refractivity contribution is 9.10. The minimum atomic E-state index is -0.339. The van der Waals surface area contributed by atoms with Crippen LogP contribution in [0.1, 0.15) is 10.5 Å². The van der Waals surface area contributed by atoms with Gasteiger partial charge >= 0.3 is 0 Å². The smallest absolute Gasteiger partial charge is 0.290 e. The summed E-state index contributed by atoms with van der Waals surface area (Å²) in [5.41, 5.74) is 2.68. The first-order valence-corrected chi connectivity index (χ1v) is 5.01. The number of rotatable bonds is 3. The summed E-state index contributed by atoms with van der Waals surface area (Å²) in [7, 11) is 3.63. The number of carbonyl (C=O) groups is 1. The molecular formula is C9H11BrN4O. The predicted octanol–water partition coefficient (Wildman–Crippen LogP) is 1.08. The fourth-order valence-corrected chi connectivity index (χ4v) is 1.14. The van der Waals surface area contributed by atoms with Crippen LogP contribution in [0.3, 0.4) is 0 Å². The number of hydrogen-bond acceptors (Lipinski definition) is 3. The predicted molar refractivity (Wildman–Crippen MR) is 61.6 cm³/mol. The molecule has 0 aliphatic heterocycles. The quantitative estimate of drug-likeness (QED) is 0.387. The molecule has 0 unspecified atom stereocenters. The number of aromatic nitrogens is 1. The molecule has 0 aliphatic carbocycles. The van der Waals surface area contributed by atoms with Crippen molar-refractivity contribution in [2.75, 3.05) is 14.1 Å². The molecule has 0 saturated carbocycles. The molecule has 5 nitrogen and oxygen atoms in total. The van der Waals surface area contributed by atoms with Gasteiger partial charge in [-0.25, -0.2) is 10.4 Å². The van der Waals surface area contributed by atoms with Gasteiger partial charge in [0.25, 0.3) is 5.91 Å². The lowest BCUT2D eigenvalue weighted by Gasteiger charge is -2.03. The molecule has 0 aliphatic rings. The third kappa shape index (κ3) is 4.07. The Labute approximate surface area is 96.3 Å². The van der Waals surface area contributed by atoms with Crippen LogP contribution in [0.25, 0.3) is 0 Å². The molecular weight excluding hydrogens is 260 g/mol. The van der Waals surface area contributed by atoms with E-state index in [-0.39, 0.29) is 5.91 Å². The van der Waals surface area contributed by atoms with Gasteiger partial charge in [0.05, 0.1) is 0 Å². The number of nitrogens with zero attached hydrogens (tertiary/aromatic N) is 3. The number of amides is 1. The maximum absolute atomic E-state index is 11.5. The van der Waals surface area contributed by atoms with E-state index in [0.717, 1.165) is 0 Å². The van der Waals surface area contributed by atoms with Crippen LogP contribution in [-0.4, -0.2) is 36.2 Å². The number of carbonyl (C=O) groups excluding carboxylic acids is 1. The van der Waals surface area contributed by atoms with E-state index in [0.29, 0.717) is 10.3 Å². The molecule has 1 heterocycles. The zero-order valence-electron chi connectivity index (χ0n) is 8.44. The Hall–Kier alpha value is -1.43. The molecule has 1 amide bonds. The third-order valence-electron chi connectivity index (χ3n) is 1.40. The summed E-state index contributed by atoms with van der Waals surface area (Å²) in [6.07, 6.45) is 1.50. The van der Waals surface area contributed by atoms with Gasteiger partial charge in [0.1, 0.15) is 16.6 Å². The Morgan fingerprint density at radius 2 is 2.33 bits per heavy atom. The Balaban J connectivity index is 2.62. The van der Waals surface area contributed by atoms with Gasteiger partial charge in [-0.2, -0.15) is 5.10 Å². The minimum absolute atomic E-state index is 0.320. The van der Waals surface area contributed by atoms with Crippen molar-refractivity contribution in [3.63, 3.8) is 0 Å². The summed E-state index contributed by atoms with van der Waals surface area (Å²) in [6.45, 7) is 0. The average Bonchev–Trinajstić information content (AvgIpc) is 2.17. The lowest BCUT2D eigenvalue weighted by Crippen LogP contribution is -2.21. The summed E-state index contributed by atoms with van der Waals surface area (Å²) in [4.78, 5) is 17.2. The minimum Gasteiger partial charge on any atom is -0.367 e. The topological polar surface area (TPSA) is 57.6 Å². The maximum Gasteiger partial charge on any atom is 0.290 e. The number of pyridine rings is 1. The molecule has 6 heteroatoms. The zero-order chi connectivity index (χ0) is 11.3. The summed E-state index contributed by atoms with van der Waals surface area (Å²) >= 11 is 3.18. The van der Waals surface area contributed by atoms with E-state index >= 15 is 0 Å². The van der Waals surface area contributed by atoms with E-state index in [4.69, 9.17) is 0 Å². The lowest BCUT2D eigenvalue weighted by molar-refractivity contribution is 0.0949. The molecule has 1 aromatic heterocycles. The summed E-state index contributed by atoms with van der Waals surface area (Å²) in [5, 5.41) is 3.72. The second kappa shape index (κ2) is 5.45. The molecule has 0 radical (unpaired) electrons. The number of hydrogen-bond donors (Lipinski definition) is 1. The van der Waals surface area contributed by atoms with Crippen LogP contribution in [0.5, 0.6) is 0 Å². The molecule has 1 aromatic rings. The van der Waals surface area contributed by atoms with Crippen molar-refractivity contribution < 1.29 is 4.79 Å². The Kier molecular flexibility index (Phi) is 4.23. The van der Waals surface area contributed by atoms with Crippen LogP contribution in [0.15, 0.2) is 27.9 Å². The molecule has 0 spiro atoms. The van der Waals surface area contributed by atoms with Crippen molar-refractivity contribution in [1.82, 2.24) is 15.3 Å². The molecule has 0 aromatic carbocycles. The van der Waals surface area contributed by atoms with Crippen molar-refractivity contribution in [3.8, 4) is 0 Å². The highest BCUT2D eigenvalue weighted by Crippen LogP contribution is 2.05. The molecule has 0 bridgehead atoms. The molecule has 0 atom stereocenters. The van der Waals surface area contributed by atoms with E-state index in [9.17, 15) is 4.79 Å². The molecule has 0 fully saturated rings. The first-order valence-electron chi connectivity index (χ1n) is 4.22. The molecule has 0 saturated heterocycles. The maximum atomic E-state index is 11.5. The average molecular weight is 271 g/mol. The number of halogens is 1. The summed E-state index contributed by atoms with van der Waals surface area (Å²) in [5.74, 6) is -0.339. The second-order valence-corrected chi connectivity index (χ2v) is 3.81. The normalized spacial score (nSPS) is 10.3. The van der Waals surface area contributed by atoms with Crippen LogP contribution < -0.4 is 5.43 Å². The number of nitrogens with one attached hydrogen (secondary N) is 1. The van der Waals surface area contributed by atoms with Gasteiger partial charge in [-0.15, -0.1) is 0 Å². The van der Waals surface area contributed by atoms with Crippen LogP contribution in [0.2, 0.25) is 0 Å². The van der Waals surface area contributed by atoms with Crippen molar-refractivity contribution in [3.05, 3.63) is 28.5 Å². The molecule has 1 rings (SSSR count). The van der Waals surface area contributed by atoms with Crippen LogP contribution in [-0.2, 0) is 0 Å². The fraction of sp³-hybridized carbons (Fsp3) is 0.222. The summed E-state index contributed by atoms with van der Waals surface area (Å²) < 4.78 is 0.617. The van der Waals surface area contributed by atoms with E-state index in [1.165, 1.54) is 6.34 Å². The van der Waals surface area contributed by atoms with Gasteiger partial charge in [0.2, 0.25) is 0 Å². The van der Waals surface area contributed by atoms with Crippen LogP contribution in [0, 0.1) is 0 Å². The van der Waals surface area contributed by atoms with Crippen LogP contribution in [0.4, 0.5) is 0 Å². The van der Waals surface area contributed by atoms with Crippen LogP contribution >= 0.6 is 15.9 Å². The molecule has 1 N–H and O–H groups in total. The first kappa shape index (κ1) is 11.6. The largest absolute Gasteiger partial charge is 0.367 e. The zero-order valence-corrected chi connectivity index (χ0v) is 10.0. The Bertz CT molecular complexity index is 378. The van der Waals surface area contributed by atoms with Gasteiger partial charge in [0, 0.05) is 14.1 Å². The lowest BCUT2D eigenvalue weighted by atomic mass is 10.3. The standard InChI is InChI=1S/C9H11BrN4O/c1-14(2)6-11-13-9(15)7-4-3-5-8(10)12-7/h3-6H,1-2H3,(H,13,15). The molecule has 15 heavy (non-hydrogen) atoms. The van der Waals surface area contributed by atoms with Gasteiger partial charge < -0.3 is 4.90 Å². The van der Waals surface area contributed by atoms with E-state index in [1.54, 1.807) is 23.1 Å². The Morgan fingerprint density at radius 3 is 2.93 bits per heavy atom. The monoisotopic (exact) mass is 270 g/mol. The van der Waals surface area contributed by atoms with E-state index in [1.807, 2.05) is 14.1 Å². The highest BCUT2D eigenvalue weighted by atomic mass is 79.9. The van der Waals surface area contributed by atoms with E-state index < -0.39 is 0 Å². The van der Waals surface area contributed by atoms with Gasteiger partial charge in [-0.05, 0) is 28.1 Å². The summed E-state index contributed by atoms with van der Waals surface area (Å²) in [6, 6.07) is 5.10. The van der Waals surface area contributed by atoms with Gasteiger partial charge in [0.15, 0.2) is 0 Å². The Morgan fingerprint density at radius 1 is 1.60 bits per heavy atom. The SMILES string of the molecule is CN(C)C=NNC(=O)c1cccc(Br)n1. The number of hydrazone groups is 1. The third-order valence-corrected chi connectivity index (χ3v) is 1.84. The van der Waals surface area contributed by atoms with E-state index in [2.05, 4.69) is 31.4 Å². The van der Waals surface area contributed by atoms with Crippen molar-refractivity contribution in [1.29, 1.82) is 0 Å². The second-order valence-electron chi connectivity index (χ2n) is 2.99. The van der Waals surface area contributed by atoms with Crippen molar-refractivity contribution in [2.45, 2.75) is 0 Å². The van der Waals surface area contributed by atoms with Gasteiger partial charge in [-0.3, -0.25) is 4.79 Å². The van der Waals surface area contributed by atoms with Crippen molar-refractivity contribution in [2.24, 2.45) is 5.10 Å². The van der Waals surface area contributed by atoms with Gasteiger partial charge in [-0.1, -0.05) is 6.07 Å².